The second-order valence-electron chi connectivity index (χ2n) is 5.89. The van der Waals surface area contributed by atoms with Gasteiger partial charge in [-0.05, 0) is 28.1 Å². The summed E-state index contributed by atoms with van der Waals surface area (Å²) in [5, 5.41) is 11.8. The normalized spacial score (nSPS) is 14.6. The molecule has 0 saturated heterocycles. The van der Waals surface area contributed by atoms with Gasteiger partial charge in [0.05, 0.1) is 36.3 Å². The van der Waals surface area contributed by atoms with Crippen LogP contribution in [0, 0.1) is 0 Å². The first-order valence-electron chi connectivity index (χ1n) is 8.36. The zero-order chi connectivity index (χ0) is 17.8. The average molecular weight is 370 g/mol. The molecule has 1 unspecified atom stereocenters. The zero-order valence-corrected chi connectivity index (χ0v) is 14.9. The van der Waals surface area contributed by atoms with Crippen LogP contribution < -0.4 is 9.47 Å². The van der Waals surface area contributed by atoms with Gasteiger partial charge in [0.25, 0.3) is 0 Å². The second-order valence-corrected chi connectivity index (χ2v) is 7.34. The first-order chi connectivity index (χ1) is 12.8. The summed E-state index contributed by atoms with van der Waals surface area (Å²) in [6, 6.07) is 15.3. The predicted octanol–water partition coefficient (Wildman–Crippen LogP) is 2.19. The summed E-state index contributed by atoms with van der Waals surface area (Å²) < 4.78 is 25.8. The minimum atomic E-state index is -1.28. The van der Waals surface area contributed by atoms with Gasteiger partial charge in [0.1, 0.15) is 0 Å². The molecular formula is C18H18N4O3S. The number of hydrogen-bond donors (Lipinski definition) is 0. The third-order valence-electron chi connectivity index (χ3n) is 4.02. The molecule has 26 heavy (non-hydrogen) atoms. The van der Waals surface area contributed by atoms with Crippen LogP contribution in [0.15, 0.2) is 53.4 Å². The maximum absolute atomic E-state index is 12.8. The lowest BCUT2D eigenvalue weighted by Crippen LogP contribution is -2.09. The Hall–Kier alpha value is -2.74. The predicted molar refractivity (Wildman–Crippen MR) is 95.5 cm³/mol. The van der Waals surface area contributed by atoms with E-state index in [0.29, 0.717) is 42.0 Å². The standard InChI is InChI=1S/C18H18N4O3S/c23-26(15-7-8-16-17(11-15)25-10-4-9-24-16)13-18-19-20-21-22(18)12-14-5-2-1-3-6-14/h1-3,5-8,11H,4,9-10,12-13H2. The fourth-order valence-electron chi connectivity index (χ4n) is 2.69. The molecule has 8 heteroatoms. The summed E-state index contributed by atoms with van der Waals surface area (Å²) in [4.78, 5) is 0.670. The summed E-state index contributed by atoms with van der Waals surface area (Å²) in [6.45, 7) is 1.77. The van der Waals surface area contributed by atoms with Crippen LogP contribution in [0.1, 0.15) is 17.8 Å². The van der Waals surface area contributed by atoms with E-state index in [9.17, 15) is 4.21 Å². The van der Waals surface area contributed by atoms with E-state index in [1.165, 1.54) is 0 Å². The molecule has 4 rings (SSSR count). The van der Waals surface area contributed by atoms with Gasteiger partial charge in [0.2, 0.25) is 0 Å². The SMILES string of the molecule is O=S(Cc1nnnn1Cc1ccccc1)c1ccc2c(c1)OCCCO2. The van der Waals surface area contributed by atoms with Crippen molar-refractivity contribution in [2.75, 3.05) is 13.2 Å². The number of aromatic nitrogens is 4. The molecule has 0 fully saturated rings. The van der Waals surface area contributed by atoms with Gasteiger partial charge in [-0.1, -0.05) is 30.3 Å². The molecule has 0 N–H and O–H groups in total. The molecule has 1 atom stereocenters. The van der Waals surface area contributed by atoms with Crippen molar-refractivity contribution in [1.29, 1.82) is 0 Å². The molecule has 2 heterocycles. The highest BCUT2D eigenvalue weighted by Gasteiger charge is 2.16. The van der Waals surface area contributed by atoms with Crippen molar-refractivity contribution in [1.82, 2.24) is 20.2 Å². The maximum atomic E-state index is 12.8. The van der Waals surface area contributed by atoms with Gasteiger partial charge in [0, 0.05) is 17.4 Å². The highest BCUT2D eigenvalue weighted by atomic mass is 32.2. The van der Waals surface area contributed by atoms with Crippen LogP contribution in [0.4, 0.5) is 0 Å². The van der Waals surface area contributed by atoms with Crippen molar-refractivity contribution in [3.05, 3.63) is 59.9 Å². The van der Waals surface area contributed by atoms with Gasteiger partial charge < -0.3 is 9.47 Å². The number of tetrazole rings is 1. The summed E-state index contributed by atoms with van der Waals surface area (Å²) in [7, 11) is -1.28. The first kappa shape index (κ1) is 16.7. The second kappa shape index (κ2) is 7.65. The van der Waals surface area contributed by atoms with Gasteiger partial charge in [-0.25, -0.2) is 4.68 Å². The molecule has 1 aliphatic rings. The number of fused-ring (bicyclic) bond motifs is 1. The molecular weight excluding hydrogens is 352 g/mol. The summed E-state index contributed by atoms with van der Waals surface area (Å²) in [5.74, 6) is 2.15. The van der Waals surface area contributed by atoms with Gasteiger partial charge in [0.15, 0.2) is 17.3 Å². The molecule has 2 aromatic carbocycles. The third-order valence-corrected chi connectivity index (χ3v) is 5.32. The lowest BCUT2D eigenvalue weighted by molar-refractivity contribution is 0.297. The van der Waals surface area contributed by atoms with Crippen LogP contribution in [-0.2, 0) is 23.1 Å². The summed E-state index contributed by atoms with van der Waals surface area (Å²) >= 11 is 0. The molecule has 3 aromatic rings. The fourth-order valence-corrected chi connectivity index (χ4v) is 3.76. The van der Waals surface area contributed by atoms with Crippen molar-refractivity contribution in [2.24, 2.45) is 0 Å². The van der Waals surface area contributed by atoms with Gasteiger partial charge in [-0.3, -0.25) is 4.21 Å². The van der Waals surface area contributed by atoms with Crippen LogP contribution in [0.2, 0.25) is 0 Å². The van der Waals surface area contributed by atoms with E-state index in [4.69, 9.17) is 9.47 Å². The Labute approximate surface area is 153 Å². The van der Waals surface area contributed by atoms with Crippen LogP contribution in [0.5, 0.6) is 11.5 Å². The topological polar surface area (TPSA) is 79.1 Å². The molecule has 1 aromatic heterocycles. The van der Waals surface area contributed by atoms with E-state index in [2.05, 4.69) is 15.5 Å². The molecule has 134 valence electrons. The zero-order valence-electron chi connectivity index (χ0n) is 14.1. The Bertz CT molecular complexity index is 914. The number of rotatable bonds is 5. The van der Waals surface area contributed by atoms with E-state index >= 15 is 0 Å². The molecule has 7 nitrogen and oxygen atoms in total. The Morgan fingerprint density at radius 2 is 1.85 bits per heavy atom. The Morgan fingerprint density at radius 3 is 2.69 bits per heavy atom. The molecule has 1 aliphatic heterocycles. The van der Waals surface area contributed by atoms with Crippen molar-refractivity contribution in [2.45, 2.75) is 23.6 Å². The van der Waals surface area contributed by atoms with Crippen LogP contribution in [0.25, 0.3) is 0 Å². The Kier molecular flexibility index (Phi) is 4.92. The van der Waals surface area contributed by atoms with E-state index in [-0.39, 0.29) is 5.75 Å². The maximum Gasteiger partial charge on any atom is 0.164 e. The summed E-state index contributed by atoms with van der Waals surface area (Å²) in [6.07, 6.45) is 0.835. The Morgan fingerprint density at radius 1 is 1.04 bits per heavy atom. The van der Waals surface area contributed by atoms with Crippen molar-refractivity contribution < 1.29 is 13.7 Å². The lowest BCUT2D eigenvalue weighted by Gasteiger charge is -2.09. The fraction of sp³-hybridized carbons (Fsp3) is 0.278. The minimum Gasteiger partial charge on any atom is -0.490 e. The summed E-state index contributed by atoms with van der Waals surface area (Å²) in [5.41, 5.74) is 1.09. The quantitative estimate of drug-likeness (QED) is 0.685. The molecule has 0 saturated carbocycles. The van der Waals surface area contributed by atoms with Crippen LogP contribution >= 0.6 is 0 Å². The number of ether oxygens (including phenoxy) is 2. The molecule has 0 aliphatic carbocycles. The van der Waals surface area contributed by atoms with E-state index in [0.717, 1.165) is 12.0 Å². The smallest absolute Gasteiger partial charge is 0.164 e. The minimum absolute atomic E-state index is 0.236. The van der Waals surface area contributed by atoms with Crippen LogP contribution in [0.3, 0.4) is 0 Å². The van der Waals surface area contributed by atoms with E-state index < -0.39 is 10.8 Å². The van der Waals surface area contributed by atoms with Gasteiger partial charge in [-0.15, -0.1) is 5.10 Å². The highest BCUT2D eigenvalue weighted by Crippen LogP contribution is 2.31. The van der Waals surface area contributed by atoms with E-state index in [1.54, 1.807) is 22.9 Å². The number of hydrogen-bond acceptors (Lipinski definition) is 6. The van der Waals surface area contributed by atoms with Crippen LogP contribution in [-0.4, -0.2) is 37.6 Å². The Balaban J connectivity index is 1.51. The molecule has 0 radical (unpaired) electrons. The first-order valence-corrected chi connectivity index (χ1v) is 9.68. The third kappa shape index (κ3) is 3.75. The highest BCUT2D eigenvalue weighted by molar-refractivity contribution is 7.84. The van der Waals surface area contributed by atoms with Gasteiger partial charge >= 0.3 is 0 Å². The van der Waals surface area contributed by atoms with Crippen molar-refractivity contribution in [3.8, 4) is 11.5 Å². The molecule has 0 spiro atoms. The van der Waals surface area contributed by atoms with E-state index in [1.807, 2.05) is 30.3 Å². The lowest BCUT2D eigenvalue weighted by atomic mass is 10.2. The number of benzene rings is 2. The largest absolute Gasteiger partial charge is 0.490 e. The molecule has 0 bridgehead atoms. The monoisotopic (exact) mass is 370 g/mol. The number of nitrogens with zero attached hydrogens (tertiary/aromatic N) is 4. The van der Waals surface area contributed by atoms with Crippen molar-refractivity contribution >= 4 is 10.8 Å². The average Bonchev–Trinajstić information content (AvgIpc) is 2.96. The van der Waals surface area contributed by atoms with Crippen molar-refractivity contribution in [3.63, 3.8) is 0 Å². The van der Waals surface area contributed by atoms with Gasteiger partial charge in [-0.2, -0.15) is 0 Å². The molecule has 0 amide bonds.